The molecule has 3 N–H and O–H groups in total. The van der Waals surface area contributed by atoms with Crippen LogP contribution in [0.15, 0.2) is 47.4 Å². The van der Waals surface area contributed by atoms with Crippen LogP contribution in [0, 0.1) is 11.3 Å². The predicted molar refractivity (Wildman–Crippen MR) is 77.8 cm³/mol. The second-order valence-corrected chi connectivity index (χ2v) is 6.07. The van der Waals surface area contributed by atoms with Crippen molar-refractivity contribution in [2.75, 3.05) is 10.5 Å². The van der Waals surface area contributed by atoms with Crippen LogP contribution in [0.3, 0.4) is 0 Å². The van der Waals surface area contributed by atoms with Gasteiger partial charge in [0.15, 0.2) is 0 Å². The normalized spacial score (nSPS) is 10.8. The molecule has 0 aromatic heterocycles. The maximum atomic E-state index is 12.2. The van der Waals surface area contributed by atoms with Gasteiger partial charge in [-0.05, 0) is 36.4 Å². The van der Waals surface area contributed by atoms with Crippen molar-refractivity contribution < 1.29 is 8.42 Å². The smallest absolute Gasteiger partial charge is 0.261 e. The first kappa shape index (κ1) is 14.2. The van der Waals surface area contributed by atoms with Gasteiger partial charge >= 0.3 is 0 Å². The molecule has 0 saturated heterocycles. The molecule has 7 heteroatoms. The van der Waals surface area contributed by atoms with Crippen LogP contribution in [0.25, 0.3) is 0 Å². The minimum Gasteiger partial charge on any atom is -0.399 e. The van der Waals surface area contributed by atoms with Gasteiger partial charge in [0.05, 0.1) is 27.2 Å². The van der Waals surface area contributed by atoms with E-state index < -0.39 is 10.0 Å². The molecule has 0 amide bonds. The molecule has 0 saturated carbocycles. The van der Waals surface area contributed by atoms with Crippen LogP contribution in [0.1, 0.15) is 5.56 Å². The SMILES string of the molecule is N#Cc1cccc(S(=O)(=O)Nc2cc(N)ccc2Cl)c1. The molecule has 2 aromatic rings. The Morgan fingerprint density at radius 1 is 1.20 bits per heavy atom. The Bertz CT molecular complexity index is 798. The summed E-state index contributed by atoms with van der Waals surface area (Å²) in [6, 6.07) is 12.1. The van der Waals surface area contributed by atoms with E-state index in [9.17, 15) is 8.42 Å². The Labute approximate surface area is 121 Å². The van der Waals surface area contributed by atoms with Gasteiger partial charge in [-0.3, -0.25) is 4.72 Å². The van der Waals surface area contributed by atoms with Gasteiger partial charge in [-0.25, -0.2) is 8.42 Å². The molecule has 0 aliphatic heterocycles. The second kappa shape index (κ2) is 5.41. The van der Waals surface area contributed by atoms with Crippen molar-refractivity contribution in [1.29, 1.82) is 5.26 Å². The lowest BCUT2D eigenvalue weighted by molar-refractivity contribution is 0.601. The molecule has 20 heavy (non-hydrogen) atoms. The Hall–Kier alpha value is -2.23. The molecule has 0 spiro atoms. The van der Waals surface area contributed by atoms with Gasteiger partial charge in [0.2, 0.25) is 0 Å². The van der Waals surface area contributed by atoms with Crippen LogP contribution < -0.4 is 10.5 Å². The van der Waals surface area contributed by atoms with Gasteiger partial charge in [-0.1, -0.05) is 17.7 Å². The zero-order chi connectivity index (χ0) is 14.8. The molecular weight excluding hydrogens is 298 g/mol. The molecule has 0 heterocycles. The van der Waals surface area contributed by atoms with Gasteiger partial charge in [0, 0.05) is 5.69 Å². The van der Waals surface area contributed by atoms with E-state index >= 15 is 0 Å². The summed E-state index contributed by atoms with van der Waals surface area (Å²) in [5.41, 5.74) is 6.43. The molecule has 0 aliphatic rings. The molecule has 2 rings (SSSR count). The van der Waals surface area contributed by atoms with Gasteiger partial charge in [0.1, 0.15) is 0 Å². The summed E-state index contributed by atoms with van der Waals surface area (Å²) in [6.07, 6.45) is 0. The summed E-state index contributed by atoms with van der Waals surface area (Å²) in [5, 5.41) is 9.03. The lowest BCUT2D eigenvalue weighted by atomic mass is 10.2. The fraction of sp³-hybridized carbons (Fsp3) is 0. The van der Waals surface area contributed by atoms with Crippen LogP contribution in [-0.4, -0.2) is 8.42 Å². The van der Waals surface area contributed by atoms with Crippen molar-refractivity contribution in [2.45, 2.75) is 4.90 Å². The van der Waals surface area contributed by atoms with Gasteiger partial charge < -0.3 is 5.73 Å². The number of nitriles is 1. The van der Waals surface area contributed by atoms with Crippen molar-refractivity contribution in [2.24, 2.45) is 0 Å². The average Bonchev–Trinajstić information content (AvgIpc) is 2.43. The highest BCUT2D eigenvalue weighted by atomic mass is 35.5. The number of nitrogens with two attached hydrogens (primary N) is 1. The fourth-order valence-electron chi connectivity index (χ4n) is 1.56. The molecule has 0 unspecified atom stereocenters. The number of nitrogen functional groups attached to an aromatic ring is 1. The number of anilines is 2. The number of hydrogen-bond donors (Lipinski definition) is 2. The molecule has 102 valence electrons. The Kier molecular flexibility index (Phi) is 3.84. The molecule has 5 nitrogen and oxygen atoms in total. The molecular formula is C13H10ClN3O2S. The molecule has 0 aliphatic carbocycles. The summed E-state index contributed by atoms with van der Waals surface area (Å²) in [6.45, 7) is 0. The van der Waals surface area contributed by atoms with Crippen molar-refractivity contribution in [1.82, 2.24) is 0 Å². The van der Waals surface area contributed by atoms with E-state index in [2.05, 4.69) is 4.72 Å². The lowest BCUT2D eigenvalue weighted by Crippen LogP contribution is -2.13. The molecule has 0 atom stereocenters. The van der Waals surface area contributed by atoms with Crippen LogP contribution >= 0.6 is 11.6 Å². The van der Waals surface area contributed by atoms with Crippen LogP contribution in [0.2, 0.25) is 5.02 Å². The third-order valence-corrected chi connectivity index (χ3v) is 4.20. The van der Waals surface area contributed by atoms with E-state index in [-0.39, 0.29) is 21.2 Å². The van der Waals surface area contributed by atoms with Crippen LogP contribution in [-0.2, 0) is 10.0 Å². The van der Waals surface area contributed by atoms with E-state index in [0.717, 1.165) is 0 Å². The van der Waals surface area contributed by atoms with E-state index in [4.69, 9.17) is 22.6 Å². The summed E-state index contributed by atoms with van der Waals surface area (Å²) >= 11 is 5.91. The van der Waals surface area contributed by atoms with E-state index in [0.29, 0.717) is 5.69 Å². The van der Waals surface area contributed by atoms with Crippen molar-refractivity contribution >= 4 is 33.0 Å². The van der Waals surface area contributed by atoms with Crippen molar-refractivity contribution in [3.63, 3.8) is 0 Å². The number of nitrogens with zero attached hydrogens (tertiary/aromatic N) is 1. The summed E-state index contributed by atoms with van der Waals surface area (Å²) in [4.78, 5) is -0.0185. The first-order valence-corrected chi connectivity index (χ1v) is 7.36. The summed E-state index contributed by atoms with van der Waals surface area (Å²) in [7, 11) is -3.83. The minimum atomic E-state index is -3.83. The van der Waals surface area contributed by atoms with Gasteiger partial charge in [0.25, 0.3) is 10.0 Å². The zero-order valence-electron chi connectivity index (χ0n) is 10.2. The largest absolute Gasteiger partial charge is 0.399 e. The fourth-order valence-corrected chi connectivity index (χ4v) is 2.89. The Balaban J connectivity index is 2.41. The van der Waals surface area contributed by atoms with Crippen molar-refractivity contribution in [3.05, 3.63) is 53.1 Å². The molecule has 0 radical (unpaired) electrons. The highest BCUT2D eigenvalue weighted by Gasteiger charge is 2.16. The third kappa shape index (κ3) is 3.02. The first-order chi connectivity index (χ1) is 9.42. The molecule has 0 fully saturated rings. The maximum absolute atomic E-state index is 12.2. The van der Waals surface area contributed by atoms with Crippen LogP contribution in [0.5, 0.6) is 0 Å². The Morgan fingerprint density at radius 2 is 1.95 bits per heavy atom. The molecule has 0 bridgehead atoms. The number of nitrogens with one attached hydrogen (secondary N) is 1. The van der Waals surface area contributed by atoms with Gasteiger partial charge in [-0.15, -0.1) is 0 Å². The highest BCUT2D eigenvalue weighted by molar-refractivity contribution is 7.92. The topological polar surface area (TPSA) is 96.0 Å². The third-order valence-electron chi connectivity index (χ3n) is 2.51. The zero-order valence-corrected chi connectivity index (χ0v) is 11.7. The van der Waals surface area contributed by atoms with Crippen molar-refractivity contribution in [3.8, 4) is 6.07 Å². The number of halogens is 1. The highest BCUT2D eigenvalue weighted by Crippen LogP contribution is 2.26. The lowest BCUT2D eigenvalue weighted by Gasteiger charge is -2.10. The van der Waals surface area contributed by atoms with E-state index in [1.165, 1.54) is 36.4 Å². The second-order valence-electron chi connectivity index (χ2n) is 3.98. The Morgan fingerprint density at radius 3 is 2.65 bits per heavy atom. The van der Waals surface area contributed by atoms with Gasteiger partial charge in [-0.2, -0.15) is 5.26 Å². The first-order valence-electron chi connectivity index (χ1n) is 5.50. The number of hydrogen-bond acceptors (Lipinski definition) is 4. The number of sulfonamides is 1. The quantitative estimate of drug-likeness (QED) is 0.852. The molecule has 2 aromatic carbocycles. The maximum Gasteiger partial charge on any atom is 0.261 e. The van der Waals surface area contributed by atoms with E-state index in [1.807, 2.05) is 6.07 Å². The van der Waals surface area contributed by atoms with E-state index in [1.54, 1.807) is 6.07 Å². The number of rotatable bonds is 3. The standard InChI is InChI=1S/C13H10ClN3O2S/c14-12-5-4-10(16)7-13(12)17-20(18,19)11-3-1-2-9(6-11)8-15/h1-7,17H,16H2. The monoisotopic (exact) mass is 307 g/mol. The summed E-state index contributed by atoms with van der Waals surface area (Å²) in [5.74, 6) is 0. The summed E-state index contributed by atoms with van der Waals surface area (Å²) < 4.78 is 26.8. The number of benzene rings is 2. The van der Waals surface area contributed by atoms with Crippen LogP contribution in [0.4, 0.5) is 11.4 Å². The predicted octanol–water partition coefficient (Wildman–Crippen LogP) is 2.59. The minimum absolute atomic E-state index is 0.0185. The average molecular weight is 308 g/mol.